The zero-order chi connectivity index (χ0) is 12.8. The van der Waals surface area contributed by atoms with Crippen LogP contribution in [-0.4, -0.2) is 14.9 Å². The molecule has 2 aromatic rings. The van der Waals surface area contributed by atoms with Gasteiger partial charge in [-0.2, -0.15) is 9.79 Å². The van der Waals surface area contributed by atoms with Gasteiger partial charge in [-0.25, -0.2) is 5.10 Å². The van der Waals surface area contributed by atoms with Crippen LogP contribution < -0.4 is 5.43 Å². The van der Waals surface area contributed by atoms with Crippen molar-refractivity contribution >= 4 is 18.2 Å². The number of rotatable bonds is 1. The Morgan fingerprint density at radius 1 is 1.28 bits per heavy atom. The third-order valence-electron chi connectivity index (χ3n) is 2.94. The molecule has 3 rings (SSSR count). The molecule has 1 aromatic heterocycles. The summed E-state index contributed by atoms with van der Waals surface area (Å²) in [6.45, 7) is 3.99. The smallest absolute Gasteiger partial charge is 0.287 e. The molecule has 0 radical (unpaired) electrons. The Balaban J connectivity index is 2.06. The monoisotopic (exact) mass is 260 g/mol. The van der Waals surface area contributed by atoms with E-state index in [0.717, 1.165) is 5.56 Å². The number of H-pyrrole nitrogens is 1. The predicted molar refractivity (Wildman–Crippen MR) is 69.8 cm³/mol. The van der Waals surface area contributed by atoms with E-state index >= 15 is 0 Å². The van der Waals surface area contributed by atoms with E-state index in [1.165, 1.54) is 5.56 Å². The lowest BCUT2D eigenvalue weighted by Gasteiger charge is -2.29. The first kappa shape index (κ1) is 11.1. The van der Waals surface area contributed by atoms with Gasteiger partial charge in [0.1, 0.15) is 0 Å². The van der Waals surface area contributed by atoms with Crippen LogP contribution in [0.2, 0.25) is 0 Å². The van der Waals surface area contributed by atoms with Crippen molar-refractivity contribution in [1.82, 2.24) is 14.9 Å². The highest BCUT2D eigenvalue weighted by atomic mass is 32.1. The first-order chi connectivity index (χ1) is 8.58. The minimum atomic E-state index is -0.636. The molecule has 1 atom stereocenters. The Kier molecular flexibility index (Phi) is 2.30. The summed E-state index contributed by atoms with van der Waals surface area (Å²) >= 11 is 5.13. The molecule has 1 aliphatic heterocycles. The van der Waals surface area contributed by atoms with Crippen molar-refractivity contribution in [2.75, 3.05) is 5.43 Å². The van der Waals surface area contributed by atoms with Gasteiger partial charge in [-0.1, -0.05) is 29.8 Å². The second kappa shape index (κ2) is 3.74. The molecule has 0 saturated heterocycles. The molecule has 0 saturated carbocycles. The van der Waals surface area contributed by atoms with Crippen LogP contribution in [-0.2, 0) is 5.66 Å². The van der Waals surface area contributed by atoms with Gasteiger partial charge >= 0.3 is 0 Å². The van der Waals surface area contributed by atoms with Gasteiger partial charge in [-0.3, -0.25) is 5.43 Å². The Labute approximate surface area is 109 Å². The third kappa shape index (κ3) is 1.63. The second-order valence-corrected chi connectivity index (χ2v) is 4.80. The van der Waals surface area contributed by atoms with Crippen LogP contribution in [0.1, 0.15) is 18.1 Å². The summed E-state index contributed by atoms with van der Waals surface area (Å²) in [5.41, 5.74) is 4.80. The van der Waals surface area contributed by atoms with Crippen molar-refractivity contribution in [2.24, 2.45) is 10.2 Å². The highest BCUT2D eigenvalue weighted by Gasteiger charge is 2.31. The van der Waals surface area contributed by atoms with Crippen LogP contribution >= 0.6 is 12.2 Å². The van der Waals surface area contributed by atoms with Crippen molar-refractivity contribution in [2.45, 2.75) is 19.5 Å². The van der Waals surface area contributed by atoms with E-state index in [4.69, 9.17) is 12.2 Å². The van der Waals surface area contributed by atoms with Crippen molar-refractivity contribution in [3.63, 3.8) is 0 Å². The average molecular weight is 260 g/mol. The quantitative estimate of drug-likeness (QED) is 0.774. The van der Waals surface area contributed by atoms with E-state index < -0.39 is 5.66 Å². The zero-order valence-corrected chi connectivity index (χ0v) is 10.8. The Bertz CT molecular complexity index is 668. The maximum Gasteiger partial charge on any atom is 0.287 e. The minimum absolute atomic E-state index is 0.435. The fourth-order valence-corrected chi connectivity index (χ4v) is 2.01. The number of aromatic nitrogens is 3. The first-order valence-corrected chi connectivity index (χ1v) is 5.95. The summed E-state index contributed by atoms with van der Waals surface area (Å²) < 4.78 is 2.10. The highest BCUT2D eigenvalue weighted by molar-refractivity contribution is 7.71. The topological polar surface area (TPSA) is 70.4 Å². The van der Waals surface area contributed by atoms with Gasteiger partial charge in [0.25, 0.3) is 5.95 Å². The molecule has 1 aromatic carbocycles. The Morgan fingerprint density at radius 2 is 2.00 bits per heavy atom. The highest BCUT2D eigenvalue weighted by Crippen LogP contribution is 2.30. The average Bonchev–Trinajstić information content (AvgIpc) is 2.71. The molecule has 1 aliphatic rings. The van der Waals surface area contributed by atoms with E-state index in [1.54, 1.807) is 4.68 Å². The fourth-order valence-electron chi connectivity index (χ4n) is 1.84. The van der Waals surface area contributed by atoms with Crippen molar-refractivity contribution in [3.05, 3.63) is 40.2 Å². The molecular weight excluding hydrogens is 248 g/mol. The summed E-state index contributed by atoms with van der Waals surface area (Å²) in [4.78, 5) is 0. The molecule has 18 heavy (non-hydrogen) atoms. The van der Waals surface area contributed by atoms with Crippen LogP contribution in [0.25, 0.3) is 0 Å². The van der Waals surface area contributed by atoms with Gasteiger partial charge in [-0.15, -0.1) is 10.2 Å². The van der Waals surface area contributed by atoms with Crippen LogP contribution in [0.5, 0.6) is 0 Å². The number of hydrogen-bond acceptors (Lipinski definition) is 5. The number of benzene rings is 1. The summed E-state index contributed by atoms with van der Waals surface area (Å²) in [5.74, 6) is 0.435. The number of nitrogens with zero attached hydrogens (tertiary/aromatic N) is 4. The first-order valence-electron chi connectivity index (χ1n) is 5.54. The number of nitrogens with one attached hydrogen (secondary N) is 2. The number of aromatic amines is 1. The van der Waals surface area contributed by atoms with Gasteiger partial charge in [0.15, 0.2) is 5.66 Å². The molecule has 7 heteroatoms. The van der Waals surface area contributed by atoms with Gasteiger partial charge in [0, 0.05) is 5.56 Å². The molecule has 92 valence electrons. The van der Waals surface area contributed by atoms with Gasteiger partial charge in [0.2, 0.25) is 4.77 Å². The van der Waals surface area contributed by atoms with E-state index in [9.17, 15) is 0 Å². The molecule has 1 unspecified atom stereocenters. The number of hydrogen-bond donors (Lipinski definition) is 2. The van der Waals surface area contributed by atoms with Crippen LogP contribution in [0, 0.1) is 11.7 Å². The van der Waals surface area contributed by atoms with E-state index in [0.29, 0.717) is 10.7 Å². The number of aryl methyl sites for hydroxylation is 1. The SMILES string of the molecule is Cc1ccc(C2(C)N=Nc3n[nH]c(=S)n3N2)cc1. The molecule has 2 N–H and O–H groups in total. The third-order valence-corrected chi connectivity index (χ3v) is 3.21. The lowest BCUT2D eigenvalue weighted by atomic mass is 10.0. The largest absolute Gasteiger partial charge is 0.288 e. The Hall–Kier alpha value is -2.02. The summed E-state index contributed by atoms with van der Waals surface area (Å²) in [6, 6.07) is 8.13. The van der Waals surface area contributed by atoms with Gasteiger partial charge < -0.3 is 0 Å². The van der Waals surface area contributed by atoms with E-state index in [1.807, 2.05) is 38.1 Å². The van der Waals surface area contributed by atoms with Crippen molar-refractivity contribution < 1.29 is 0 Å². The van der Waals surface area contributed by atoms with Gasteiger partial charge in [0.05, 0.1) is 0 Å². The fraction of sp³-hybridized carbons (Fsp3) is 0.273. The molecule has 0 aliphatic carbocycles. The maximum atomic E-state index is 5.13. The molecule has 0 amide bonds. The molecule has 2 heterocycles. The molecule has 0 spiro atoms. The normalized spacial score (nSPS) is 21.4. The molecular formula is C11H12N6S. The maximum absolute atomic E-state index is 5.13. The van der Waals surface area contributed by atoms with Crippen LogP contribution in [0.4, 0.5) is 5.95 Å². The van der Waals surface area contributed by atoms with Crippen LogP contribution in [0.3, 0.4) is 0 Å². The van der Waals surface area contributed by atoms with Gasteiger partial charge in [-0.05, 0) is 26.1 Å². The van der Waals surface area contributed by atoms with E-state index in [-0.39, 0.29) is 0 Å². The van der Waals surface area contributed by atoms with Crippen molar-refractivity contribution in [3.8, 4) is 0 Å². The summed E-state index contributed by atoms with van der Waals surface area (Å²) in [5, 5.41) is 15.0. The Morgan fingerprint density at radius 3 is 2.72 bits per heavy atom. The van der Waals surface area contributed by atoms with Crippen LogP contribution in [0.15, 0.2) is 34.5 Å². The molecule has 0 fully saturated rings. The lowest BCUT2D eigenvalue weighted by molar-refractivity contribution is 0.458. The summed E-state index contributed by atoms with van der Waals surface area (Å²) in [6.07, 6.45) is 0. The number of azo groups is 1. The summed E-state index contributed by atoms with van der Waals surface area (Å²) in [7, 11) is 0. The molecule has 6 nitrogen and oxygen atoms in total. The zero-order valence-electron chi connectivity index (χ0n) is 10.0. The predicted octanol–water partition coefficient (Wildman–Crippen LogP) is 2.76. The standard InChI is InChI=1S/C11H12N6S/c1-7-3-5-8(6-4-7)11(2)15-13-9-12-14-10(18)17(9)16-11/h3-6,16H,1-2H3,(H,14,18). The van der Waals surface area contributed by atoms with E-state index in [2.05, 4.69) is 25.9 Å². The molecule has 0 bridgehead atoms. The minimum Gasteiger partial charge on any atom is -0.288 e. The van der Waals surface area contributed by atoms with Crippen molar-refractivity contribution in [1.29, 1.82) is 0 Å². The lowest BCUT2D eigenvalue weighted by Crippen LogP contribution is -2.37. The number of fused-ring (bicyclic) bond motifs is 1. The second-order valence-electron chi connectivity index (χ2n) is 4.41.